The second kappa shape index (κ2) is 8.43. The van der Waals surface area contributed by atoms with Crippen LogP contribution >= 0.6 is 0 Å². The Morgan fingerprint density at radius 2 is 1.61 bits per heavy atom. The average Bonchev–Trinajstić information content (AvgIpc) is 2.30. The van der Waals surface area contributed by atoms with Gasteiger partial charge in [0.05, 0.1) is 0 Å². The van der Waals surface area contributed by atoms with E-state index >= 15 is 0 Å². The summed E-state index contributed by atoms with van der Waals surface area (Å²) in [4.78, 5) is 37.9. The number of ether oxygens (including phenoxy) is 2. The van der Waals surface area contributed by atoms with Crippen LogP contribution in [0, 0.1) is 0 Å². The van der Waals surface area contributed by atoms with Gasteiger partial charge in [-0.3, -0.25) is 4.79 Å². The summed E-state index contributed by atoms with van der Waals surface area (Å²) in [5.41, 5.74) is 6.85. The summed E-state index contributed by atoms with van der Waals surface area (Å²) in [5, 5.41) is 2.40. The number of amides is 1. The lowest BCUT2D eigenvalue weighted by Crippen LogP contribution is -2.46. The first kappa shape index (κ1) is 20.8. The number of nitrogens with one attached hydrogen (secondary N) is 1. The van der Waals surface area contributed by atoms with E-state index in [0.717, 1.165) is 6.21 Å². The van der Waals surface area contributed by atoms with Crippen molar-refractivity contribution in [1.82, 2.24) is 5.32 Å². The van der Waals surface area contributed by atoms with Crippen molar-refractivity contribution in [3.63, 3.8) is 0 Å². The molecule has 0 saturated carbocycles. The SMILES string of the molecule is CC(C)(C)OC(=O)N[C@@H](CCC(=O)C=[N+]=[N-])C(=O)OC(C)(C)C. The van der Waals surface area contributed by atoms with Gasteiger partial charge in [-0.05, 0) is 48.0 Å². The highest BCUT2D eigenvalue weighted by Crippen LogP contribution is 2.12. The summed E-state index contributed by atoms with van der Waals surface area (Å²) in [7, 11) is 0. The lowest BCUT2D eigenvalue weighted by molar-refractivity contribution is -0.157. The largest absolute Gasteiger partial charge is 0.458 e. The minimum Gasteiger partial charge on any atom is -0.458 e. The molecule has 8 heteroatoms. The standard InChI is InChI=1S/C15H25N3O5/c1-14(2,3)22-12(20)11(8-7-10(19)9-17-16)18-13(21)23-15(4,5)6/h9,11H,7-8H2,1-6H3,(H,18,21)/t11-/m0/s1. The number of esters is 1. The van der Waals surface area contributed by atoms with Crippen LogP contribution in [0.4, 0.5) is 4.79 Å². The maximum Gasteiger partial charge on any atom is 0.408 e. The zero-order chi connectivity index (χ0) is 18.3. The lowest BCUT2D eigenvalue weighted by atomic mass is 10.1. The zero-order valence-electron chi connectivity index (χ0n) is 14.5. The Morgan fingerprint density at radius 3 is 2.04 bits per heavy atom. The minimum atomic E-state index is -1.04. The number of carbonyl (C=O) groups is 3. The lowest BCUT2D eigenvalue weighted by Gasteiger charge is -2.26. The summed E-state index contributed by atoms with van der Waals surface area (Å²) in [6, 6.07) is -1.04. The minimum absolute atomic E-state index is 0.000983. The summed E-state index contributed by atoms with van der Waals surface area (Å²) < 4.78 is 10.3. The Balaban J connectivity index is 4.92. The Morgan fingerprint density at radius 1 is 1.09 bits per heavy atom. The summed E-state index contributed by atoms with van der Waals surface area (Å²) >= 11 is 0. The Labute approximate surface area is 136 Å². The molecule has 0 bridgehead atoms. The van der Waals surface area contributed by atoms with Gasteiger partial charge in [0, 0.05) is 6.42 Å². The predicted molar refractivity (Wildman–Crippen MR) is 82.9 cm³/mol. The van der Waals surface area contributed by atoms with Crippen LogP contribution in [0.25, 0.3) is 5.53 Å². The number of ketones is 1. The fourth-order valence-corrected chi connectivity index (χ4v) is 1.49. The van der Waals surface area contributed by atoms with E-state index in [1.54, 1.807) is 41.5 Å². The average molecular weight is 327 g/mol. The molecule has 0 rings (SSSR count). The van der Waals surface area contributed by atoms with Gasteiger partial charge in [-0.1, -0.05) is 0 Å². The Hall–Kier alpha value is -2.21. The van der Waals surface area contributed by atoms with Crippen molar-refractivity contribution in [3.05, 3.63) is 5.53 Å². The van der Waals surface area contributed by atoms with Gasteiger partial charge in [-0.25, -0.2) is 9.59 Å². The molecule has 23 heavy (non-hydrogen) atoms. The number of rotatable bonds is 6. The van der Waals surface area contributed by atoms with Crippen LogP contribution in [0.5, 0.6) is 0 Å². The topological polar surface area (TPSA) is 118 Å². The quantitative estimate of drug-likeness (QED) is 0.346. The van der Waals surface area contributed by atoms with Crippen molar-refractivity contribution in [1.29, 1.82) is 0 Å². The number of nitrogens with zero attached hydrogens (tertiary/aromatic N) is 2. The van der Waals surface area contributed by atoms with Crippen LogP contribution in [0.2, 0.25) is 0 Å². The molecule has 0 heterocycles. The molecule has 1 N–H and O–H groups in total. The van der Waals surface area contributed by atoms with E-state index in [-0.39, 0.29) is 12.8 Å². The second-order valence-electron chi connectivity index (χ2n) is 6.98. The number of alkyl carbamates (subject to hydrolysis) is 1. The van der Waals surface area contributed by atoms with E-state index in [9.17, 15) is 14.4 Å². The summed E-state index contributed by atoms with van der Waals surface area (Å²) in [6.45, 7) is 10.2. The molecular formula is C15H25N3O5. The maximum absolute atomic E-state index is 12.1. The van der Waals surface area contributed by atoms with Gasteiger partial charge in [0.25, 0.3) is 0 Å². The van der Waals surface area contributed by atoms with Gasteiger partial charge in [-0.15, -0.1) is 0 Å². The molecule has 0 unspecified atom stereocenters. The van der Waals surface area contributed by atoms with E-state index in [4.69, 9.17) is 15.0 Å². The zero-order valence-corrected chi connectivity index (χ0v) is 14.5. The third kappa shape index (κ3) is 11.1. The molecular weight excluding hydrogens is 302 g/mol. The van der Waals surface area contributed by atoms with Gasteiger partial charge < -0.3 is 20.3 Å². The fraction of sp³-hybridized carbons (Fsp3) is 0.733. The molecule has 0 aromatic carbocycles. The molecule has 0 aliphatic rings. The highest BCUT2D eigenvalue weighted by atomic mass is 16.6. The molecule has 8 nitrogen and oxygen atoms in total. The molecule has 0 saturated heterocycles. The third-order valence-electron chi connectivity index (χ3n) is 2.26. The molecule has 130 valence electrons. The van der Waals surface area contributed by atoms with Crippen molar-refractivity contribution in [2.24, 2.45) is 0 Å². The van der Waals surface area contributed by atoms with Gasteiger partial charge in [0.2, 0.25) is 5.78 Å². The van der Waals surface area contributed by atoms with E-state index in [1.165, 1.54) is 0 Å². The van der Waals surface area contributed by atoms with E-state index in [1.807, 2.05) is 0 Å². The first-order valence-electron chi connectivity index (χ1n) is 7.26. The van der Waals surface area contributed by atoms with Crippen LogP contribution in [0.1, 0.15) is 54.4 Å². The first-order valence-corrected chi connectivity index (χ1v) is 7.26. The first-order chi connectivity index (χ1) is 10.3. The smallest absolute Gasteiger partial charge is 0.408 e. The number of Topliss-reactive ketones (excluding diaryl/α,β-unsaturated/α-hetero) is 1. The molecule has 0 aliphatic carbocycles. The van der Waals surface area contributed by atoms with Crippen LogP contribution in [-0.4, -0.2) is 46.1 Å². The van der Waals surface area contributed by atoms with E-state index in [0.29, 0.717) is 0 Å². The van der Waals surface area contributed by atoms with Crippen LogP contribution in [0.15, 0.2) is 0 Å². The van der Waals surface area contributed by atoms with Crippen molar-refractivity contribution in [2.75, 3.05) is 0 Å². The Kier molecular flexibility index (Phi) is 7.62. The van der Waals surface area contributed by atoms with Crippen molar-refractivity contribution in [2.45, 2.75) is 71.6 Å². The highest BCUT2D eigenvalue weighted by Gasteiger charge is 2.29. The maximum atomic E-state index is 12.1. The molecule has 0 aliphatic heterocycles. The molecule has 0 fully saturated rings. The van der Waals surface area contributed by atoms with Crippen molar-refractivity contribution >= 4 is 24.1 Å². The van der Waals surface area contributed by atoms with Gasteiger partial charge in [0.1, 0.15) is 17.2 Å². The van der Waals surface area contributed by atoms with Gasteiger partial charge in [0.15, 0.2) is 0 Å². The summed E-state index contributed by atoms with van der Waals surface area (Å²) in [5.74, 6) is -1.15. The molecule has 0 spiro atoms. The number of carbonyl (C=O) groups excluding carboxylic acids is 3. The van der Waals surface area contributed by atoms with Crippen molar-refractivity contribution < 1.29 is 28.6 Å². The predicted octanol–water partition coefficient (Wildman–Crippen LogP) is 1.87. The second-order valence-corrected chi connectivity index (χ2v) is 6.98. The Bertz CT molecular complexity index is 496. The van der Waals surface area contributed by atoms with Crippen LogP contribution < -0.4 is 5.32 Å². The number of hydrogen-bond donors (Lipinski definition) is 1. The normalized spacial score (nSPS) is 12.6. The molecule has 0 radical (unpaired) electrons. The molecule has 1 amide bonds. The van der Waals surface area contributed by atoms with Gasteiger partial charge in [-0.2, -0.15) is 4.79 Å². The monoisotopic (exact) mass is 327 g/mol. The van der Waals surface area contributed by atoms with Crippen LogP contribution in [0.3, 0.4) is 0 Å². The van der Waals surface area contributed by atoms with E-state index < -0.39 is 35.1 Å². The van der Waals surface area contributed by atoms with Crippen molar-refractivity contribution in [3.8, 4) is 0 Å². The molecule has 0 aromatic heterocycles. The van der Waals surface area contributed by atoms with Gasteiger partial charge >= 0.3 is 18.3 Å². The highest BCUT2D eigenvalue weighted by molar-refractivity contribution is 6.25. The molecule has 1 atom stereocenters. The number of hydrogen-bond acceptors (Lipinski definition) is 5. The fourth-order valence-electron chi connectivity index (χ4n) is 1.49. The van der Waals surface area contributed by atoms with E-state index in [2.05, 4.69) is 10.1 Å². The molecule has 0 aromatic rings. The third-order valence-corrected chi connectivity index (χ3v) is 2.26. The summed E-state index contributed by atoms with van der Waals surface area (Å²) in [6.07, 6.45) is -0.140. The van der Waals surface area contributed by atoms with Crippen LogP contribution in [-0.2, 0) is 19.1 Å².